The maximum Gasteiger partial charge on any atom is 0.305 e. The van der Waals surface area contributed by atoms with Crippen molar-refractivity contribution >= 4 is 38.9 Å². The normalized spacial score (nSPS) is 10.8. The zero-order valence-corrected chi connectivity index (χ0v) is 11.1. The molecule has 0 radical (unpaired) electrons. The summed E-state index contributed by atoms with van der Waals surface area (Å²) in [5.41, 5.74) is 0. The van der Waals surface area contributed by atoms with Gasteiger partial charge in [-0.3, -0.25) is 4.79 Å². The summed E-state index contributed by atoms with van der Waals surface area (Å²) < 4.78 is 21.7. The number of rotatable bonds is 2. The summed E-state index contributed by atoms with van der Waals surface area (Å²) in [6.45, 7) is 3.28. The van der Waals surface area contributed by atoms with E-state index in [0.717, 1.165) is 11.3 Å². The van der Waals surface area contributed by atoms with E-state index in [1.807, 2.05) is 0 Å². The average Bonchev–Trinajstić information content (AvgIpc) is 2.51. The van der Waals surface area contributed by atoms with E-state index in [-0.39, 0.29) is 10.1 Å². The Morgan fingerprint density at radius 1 is 1.50 bits per heavy atom. The number of hydrogen-bond donors (Lipinski definition) is 2. The van der Waals surface area contributed by atoms with Gasteiger partial charge < -0.3 is 5.11 Å². The largest absolute Gasteiger partial charge is 0.481 e. The lowest BCUT2D eigenvalue weighted by Gasteiger charge is -1.89. The molecule has 1 heterocycles. The second kappa shape index (κ2) is 6.19. The van der Waals surface area contributed by atoms with Gasteiger partial charge >= 0.3 is 5.97 Å². The van der Waals surface area contributed by atoms with Crippen molar-refractivity contribution < 1.29 is 18.3 Å². The minimum absolute atomic E-state index is 0.0949. The zero-order chi connectivity index (χ0) is 12.9. The number of carbonyl (C=O) groups is 1. The van der Waals surface area contributed by atoms with E-state index < -0.39 is 16.0 Å². The molecule has 0 bridgehead atoms. The lowest BCUT2D eigenvalue weighted by molar-refractivity contribution is -0.140. The molecule has 3 N–H and O–H groups in total. The SMILES string of the molecule is CC(C)C(=O)O.NS(=O)(=O)c1ccc(Cl)s1. The highest BCUT2D eigenvalue weighted by Gasteiger charge is 2.09. The molecule has 8 heteroatoms. The fraction of sp³-hybridized carbons (Fsp3) is 0.375. The van der Waals surface area contributed by atoms with Gasteiger partial charge in [-0.1, -0.05) is 25.4 Å². The highest BCUT2D eigenvalue weighted by molar-refractivity contribution is 7.91. The summed E-state index contributed by atoms with van der Waals surface area (Å²) in [5.74, 6) is -0.972. The van der Waals surface area contributed by atoms with Crippen LogP contribution in [-0.2, 0) is 14.8 Å². The smallest absolute Gasteiger partial charge is 0.305 e. The third-order valence-corrected chi connectivity index (χ3v) is 3.99. The Bertz CT molecular complexity index is 452. The monoisotopic (exact) mass is 285 g/mol. The van der Waals surface area contributed by atoms with E-state index in [9.17, 15) is 13.2 Å². The van der Waals surface area contributed by atoms with Crippen LogP contribution < -0.4 is 5.14 Å². The van der Waals surface area contributed by atoms with E-state index in [1.165, 1.54) is 12.1 Å². The highest BCUT2D eigenvalue weighted by Crippen LogP contribution is 2.23. The molecule has 0 amide bonds. The predicted octanol–water partition coefficient (Wildman–Crippen LogP) is 1.78. The van der Waals surface area contributed by atoms with Crippen LogP contribution in [0.3, 0.4) is 0 Å². The molecule has 92 valence electrons. The number of sulfonamides is 1. The second-order valence-electron chi connectivity index (χ2n) is 3.10. The Balaban J connectivity index is 0.000000325. The number of carboxylic acids is 1. The molecule has 0 aliphatic heterocycles. The minimum Gasteiger partial charge on any atom is -0.481 e. The lowest BCUT2D eigenvalue weighted by Crippen LogP contribution is -2.09. The van der Waals surface area contributed by atoms with Gasteiger partial charge in [0.05, 0.1) is 10.3 Å². The lowest BCUT2D eigenvalue weighted by atomic mass is 10.2. The van der Waals surface area contributed by atoms with Crippen LogP contribution in [0.15, 0.2) is 16.3 Å². The molecular weight excluding hydrogens is 274 g/mol. The molecule has 0 aromatic carbocycles. The van der Waals surface area contributed by atoms with Crippen molar-refractivity contribution in [3.63, 3.8) is 0 Å². The van der Waals surface area contributed by atoms with Crippen molar-refractivity contribution in [2.45, 2.75) is 18.1 Å². The Hall–Kier alpha value is -0.630. The third-order valence-electron chi connectivity index (χ3n) is 1.32. The molecule has 0 fully saturated rings. The Morgan fingerprint density at radius 2 is 1.94 bits per heavy atom. The Morgan fingerprint density at radius 3 is 2.06 bits per heavy atom. The first-order chi connectivity index (χ1) is 7.14. The van der Waals surface area contributed by atoms with E-state index in [0.29, 0.717) is 4.34 Å². The zero-order valence-electron chi connectivity index (χ0n) is 8.68. The molecule has 5 nitrogen and oxygen atoms in total. The Kier molecular flexibility index (Phi) is 5.95. The van der Waals surface area contributed by atoms with Crippen LogP contribution in [0.5, 0.6) is 0 Å². The number of aliphatic carboxylic acids is 1. The summed E-state index contributed by atoms with van der Waals surface area (Å²) in [4.78, 5) is 9.70. The van der Waals surface area contributed by atoms with E-state index in [4.69, 9.17) is 21.8 Å². The minimum atomic E-state index is -3.55. The molecule has 1 rings (SSSR count). The third kappa shape index (κ3) is 6.06. The van der Waals surface area contributed by atoms with Gasteiger partial charge in [-0.2, -0.15) is 0 Å². The van der Waals surface area contributed by atoms with E-state index in [2.05, 4.69) is 0 Å². The number of carboxylic acid groups (broad SMARTS) is 1. The van der Waals surface area contributed by atoms with Crippen LogP contribution in [0.2, 0.25) is 4.34 Å². The van der Waals surface area contributed by atoms with Gasteiger partial charge in [-0.15, -0.1) is 11.3 Å². The molecule has 0 atom stereocenters. The second-order valence-corrected chi connectivity index (χ2v) is 6.60. The van der Waals surface area contributed by atoms with E-state index in [1.54, 1.807) is 13.8 Å². The number of halogens is 1. The molecule has 0 spiro atoms. The fourth-order valence-electron chi connectivity index (χ4n) is 0.451. The van der Waals surface area contributed by atoms with Crippen molar-refractivity contribution in [3.05, 3.63) is 16.5 Å². The number of primary sulfonamides is 1. The molecule has 0 aliphatic carbocycles. The van der Waals surface area contributed by atoms with Gasteiger partial charge in [0.1, 0.15) is 4.21 Å². The maximum absolute atomic E-state index is 10.6. The number of thiophene rings is 1. The van der Waals surface area contributed by atoms with Crippen LogP contribution in [0.4, 0.5) is 0 Å². The molecule has 0 saturated heterocycles. The van der Waals surface area contributed by atoms with Crippen LogP contribution in [0.25, 0.3) is 0 Å². The first-order valence-corrected chi connectivity index (χ1v) is 6.89. The molecule has 0 saturated carbocycles. The van der Waals surface area contributed by atoms with Gasteiger partial charge in [-0.25, -0.2) is 13.6 Å². The molecule has 1 aromatic heterocycles. The molecule has 0 aliphatic rings. The standard InChI is InChI=1S/C4H4ClNO2S2.C4H8O2/c5-3-1-2-4(9-3)10(6,7)8;1-3(2)4(5)6/h1-2H,(H2,6,7,8);3H,1-2H3,(H,5,6). The van der Waals surface area contributed by atoms with Gasteiger partial charge in [-0.05, 0) is 12.1 Å². The van der Waals surface area contributed by atoms with Gasteiger partial charge in [0.25, 0.3) is 0 Å². The summed E-state index contributed by atoms with van der Waals surface area (Å²) in [5, 5.41) is 12.8. The van der Waals surface area contributed by atoms with Gasteiger partial charge in [0.2, 0.25) is 10.0 Å². The predicted molar refractivity (Wildman–Crippen MR) is 63.2 cm³/mol. The summed E-state index contributed by atoms with van der Waals surface area (Å²) in [6.07, 6.45) is 0. The van der Waals surface area contributed by atoms with Crippen molar-refractivity contribution in [1.29, 1.82) is 0 Å². The van der Waals surface area contributed by atoms with Crippen molar-refractivity contribution in [3.8, 4) is 0 Å². The van der Waals surface area contributed by atoms with Crippen molar-refractivity contribution in [2.24, 2.45) is 11.1 Å². The average molecular weight is 286 g/mol. The summed E-state index contributed by atoms with van der Waals surface area (Å²) >= 11 is 6.41. The topological polar surface area (TPSA) is 97.5 Å². The number of hydrogen-bond acceptors (Lipinski definition) is 4. The van der Waals surface area contributed by atoms with Crippen LogP contribution in [0, 0.1) is 5.92 Å². The summed E-state index contributed by atoms with van der Waals surface area (Å²) in [6, 6.07) is 2.87. The summed E-state index contributed by atoms with van der Waals surface area (Å²) in [7, 11) is -3.55. The van der Waals surface area contributed by atoms with Crippen molar-refractivity contribution in [2.75, 3.05) is 0 Å². The molecule has 16 heavy (non-hydrogen) atoms. The van der Waals surface area contributed by atoms with Crippen LogP contribution >= 0.6 is 22.9 Å². The van der Waals surface area contributed by atoms with Crippen molar-refractivity contribution in [1.82, 2.24) is 0 Å². The van der Waals surface area contributed by atoms with Gasteiger partial charge in [0, 0.05) is 0 Å². The molecule has 0 unspecified atom stereocenters. The maximum atomic E-state index is 10.6. The quantitative estimate of drug-likeness (QED) is 0.865. The highest BCUT2D eigenvalue weighted by atomic mass is 35.5. The first kappa shape index (κ1) is 15.4. The van der Waals surface area contributed by atoms with Gasteiger partial charge in [0.15, 0.2) is 0 Å². The molecule has 1 aromatic rings. The first-order valence-electron chi connectivity index (χ1n) is 4.15. The molecular formula is C8H12ClNO4S2. The van der Waals surface area contributed by atoms with Crippen LogP contribution in [0.1, 0.15) is 13.8 Å². The van der Waals surface area contributed by atoms with E-state index >= 15 is 0 Å². The Labute approximate surface area is 103 Å². The van der Waals surface area contributed by atoms with Crippen LogP contribution in [-0.4, -0.2) is 19.5 Å². The fourth-order valence-corrected chi connectivity index (χ4v) is 2.36. The number of nitrogens with two attached hydrogens (primary N) is 1.